The Labute approximate surface area is 133 Å². The van der Waals surface area contributed by atoms with Gasteiger partial charge in [0.1, 0.15) is 5.75 Å². The van der Waals surface area contributed by atoms with Gasteiger partial charge < -0.3 is 10.0 Å². The molecule has 6 heteroatoms. The van der Waals surface area contributed by atoms with Gasteiger partial charge in [-0.25, -0.2) is 9.67 Å². The van der Waals surface area contributed by atoms with Crippen molar-refractivity contribution in [3.8, 4) is 11.4 Å². The van der Waals surface area contributed by atoms with Crippen molar-refractivity contribution in [3.05, 3.63) is 72.3 Å². The standard InChI is InChI=1S/C17H16N4O2/c1-20(17(23)16-15(22)7-3-8-18-16)12-13-5-2-6-14(11-13)21-10-4-9-19-21/h2-11,22H,12H2,1H3. The summed E-state index contributed by atoms with van der Waals surface area (Å²) in [6.45, 7) is 0.407. The quantitative estimate of drug-likeness (QED) is 0.802. The van der Waals surface area contributed by atoms with Crippen molar-refractivity contribution in [2.75, 3.05) is 7.05 Å². The Bertz CT molecular complexity index is 815. The van der Waals surface area contributed by atoms with Crippen LogP contribution in [0.5, 0.6) is 5.75 Å². The Morgan fingerprint density at radius 1 is 1.22 bits per heavy atom. The lowest BCUT2D eigenvalue weighted by molar-refractivity contribution is 0.0776. The van der Waals surface area contributed by atoms with Crippen molar-refractivity contribution in [1.29, 1.82) is 0 Å². The largest absolute Gasteiger partial charge is 0.505 e. The first-order valence-corrected chi connectivity index (χ1v) is 7.13. The van der Waals surface area contributed by atoms with Gasteiger partial charge in [-0.1, -0.05) is 12.1 Å². The second-order valence-electron chi connectivity index (χ2n) is 5.15. The van der Waals surface area contributed by atoms with Gasteiger partial charge in [0.15, 0.2) is 5.69 Å². The lowest BCUT2D eigenvalue weighted by Gasteiger charge is -2.17. The average Bonchev–Trinajstić information content (AvgIpc) is 3.09. The molecule has 0 saturated heterocycles. The molecule has 0 saturated carbocycles. The van der Waals surface area contributed by atoms with Gasteiger partial charge in [-0.05, 0) is 35.9 Å². The Hall–Kier alpha value is -3.15. The molecule has 116 valence electrons. The van der Waals surface area contributed by atoms with Crippen LogP contribution in [0.15, 0.2) is 61.1 Å². The van der Waals surface area contributed by atoms with E-state index in [-0.39, 0.29) is 17.4 Å². The number of pyridine rings is 1. The van der Waals surface area contributed by atoms with Gasteiger partial charge >= 0.3 is 0 Å². The van der Waals surface area contributed by atoms with E-state index in [2.05, 4.69) is 10.1 Å². The molecule has 0 atom stereocenters. The summed E-state index contributed by atoms with van der Waals surface area (Å²) in [4.78, 5) is 17.8. The van der Waals surface area contributed by atoms with Gasteiger partial charge in [0.25, 0.3) is 5.91 Å². The molecule has 2 aromatic heterocycles. The van der Waals surface area contributed by atoms with E-state index < -0.39 is 0 Å². The zero-order chi connectivity index (χ0) is 16.2. The van der Waals surface area contributed by atoms with Crippen molar-refractivity contribution < 1.29 is 9.90 Å². The number of benzene rings is 1. The van der Waals surface area contributed by atoms with E-state index in [1.807, 2.05) is 36.5 Å². The van der Waals surface area contributed by atoms with Gasteiger partial charge in [0, 0.05) is 32.2 Å². The van der Waals surface area contributed by atoms with Crippen molar-refractivity contribution in [3.63, 3.8) is 0 Å². The number of hydrogen-bond acceptors (Lipinski definition) is 4. The fourth-order valence-corrected chi connectivity index (χ4v) is 2.31. The van der Waals surface area contributed by atoms with Crippen LogP contribution >= 0.6 is 0 Å². The molecule has 0 bridgehead atoms. The molecule has 1 N–H and O–H groups in total. The Morgan fingerprint density at radius 2 is 2.09 bits per heavy atom. The predicted octanol–water partition coefficient (Wildman–Crippen LogP) is 2.25. The molecule has 0 fully saturated rings. The third kappa shape index (κ3) is 3.21. The molecule has 3 aromatic rings. The van der Waals surface area contributed by atoms with Crippen molar-refractivity contribution in [1.82, 2.24) is 19.7 Å². The fraction of sp³-hybridized carbons (Fsp3) is 0.118. The topological polar surface area (TPSA) is 71.2 Å². The highest BCUT2D eigenvalue weighted by atomic mass is 16.3. The predicted molar refractivity (Wildman–Crippen MR) is 85.3 cm³/mol. The number of amides is 1. The summed E-state index contributed by atoms with van der Waals surface area (Å²) in [7, 11) is 1.68. The molecule has 6 nitrogen and oxygen atoms in total. The summed E-state index contributed by atoms with van der Waals surface area (Å²) in [5.74, 6) is -0.442. The fourth-order valence-electron chi connectivity index (χ4n) is 2.31. The van der Waals surface area contributed by atoms with E-state index in [0.29, 0.717) is 6.54 Å². The first-order chi connectivity index (χ1) is 11.1. The van der Waals surface area contributed by atoms with Gasteiger partial charge in [0.2, 0.25) is 0 Å². The van der Waals surface area contributed by atoms with Gasteiger partial charge in [-0.3, -0.25) is 4.79 Å². The zero-order valence-electron chi connectivity index (χ0n) is 12.6. The van der Waals surface area contributed by atoms with Crippen LogP contribution in [0.4, 0.5) is 0 Å². The second-order valence-corrected chi connectivity index (χ2v) is 5.15. The van der Waals surface area contributed by atoms with E-state index in [9.17, 15) is 9.90 Å². The number of carbonyl (C=O) groups is 1. The molecule has 1 aromatic carbocycles. The van der Waals surface area contributed by atoms with E-state index in [0.717, 1.165) is 11.3 Å². The first kappa shape index (κ1) is 14.8. The lowest BCUT2D eigenvalue weighted by Crippen LogP contribution is -2.27. The third-order valence-corrected chi connectivity index (χ3v) is 3.43. The molecule has 2 heterocycles. The smallest absolute Gasteiger partial charge is 0.276 e. The maximum Gasteiger partial charge on any atom is 0.276 e. The lowest BCUT2D eigenvalue weighted by atomic mass is 10.2. The molecule has 23 heavy (non-hydrogen) atoms. The number of nitrogens with zero attached hydrogens (tertiary/aromatic N) is 4. The normalized spacial score (nSPS) is 10.5. The highest BCUT2D eigenvalue weighted by Gasteiger charge is 2.17. The summed E-state index contributed by atoms with van der Waals surface area (Å²) >= 11 is 0. The minimum Gasteiger partial charge on any atom is -0.505 e. The van der Waals surface area contributed by atoms with Crippen LogP contribution < -0.4 is 0 Å². The van der Waals surface area contributed by atoms with Crippen LogP contribution in [0, 0.1) is 0 Å². The Morgan fingerprint density at radius 3 is 2.83 bits per heavy atom. The van der Waals surface area contributed by atoms with Gasteiger partial charge in [-0.15, -0.1) is 0 Å². The number of hydrogen-bond donors (Lipinski definition) is 1. The van der Waals surface area contributed by atoms with Gasteiger partial charge in [0.05, 0.1) is 5.69 Å². The molecule has 0 aliphatic carbocycles. The van der Waals surface area contributed by atoms with E-state index in [1.165, 1.54) is 17.2 Å². The molecule has 0 aliphatic heterocycles. The van der Waals surface area contributed by atoms with Crippen LogP contribution in [0.2, 0.25) is 0 Å². The third-order valence-electron chi connectivity index (χ3n) is 3.43. The van der Waals surface area contributed by atoms with E-state index >= 15 is 0 Å². The Balaban J connectivity index is 1.78. The SMILES string of the molecule is CN(Cc1cccc(-n2cccn2)c1)C(=O)c1ncccc1O. The second kappa shape index (κ2) is 6.31. The molecular formula is C17H16N4O2. The monoisotopic (exact) mass is 308 g/mol. The Kier molecular flexibility index (Phi) is 4.05. The molecule has 0 spiro atoms. The van der Waals surface area contributed by atoms with Crippen LogP contribution in [0.3, 0.4) is 0 Å². The van der Waals surface area contributed by atoms with Crippen molar-refractivity contribution in [2.45, 2.75) is 6.54 Å². The zero-order valence-corrected chi connectivity index (χ0v) is 12.6. The summed E-state index contributed by atoms with van der Waals surface area (Å²) in [5.41, 5.74) is 1.94. The first-order valence-electron chi connectivity index (χ1n) is 7.13. The van der Waals surface area contributed by atoms with Crippen LogP contribution in [0.1, 0.15) is 16.1 Å². The number of carbonyl (C=O) groups excluding carboxylic acids is 1. The van der Waals surface area contributed by atoms with Crippen LogP contribution in [-0.2, 0) is 6.54 Å². The molecule has 0 radical (unpaired) electrons. The number of aromatic nitrogens is 3. The van der Waals surface area contributed by atoms with Crippen LogP contribution in [-0.4, -0.2) is 37.7 Å². The van der Waals surface area contributed by atoms with Crippen molar-refractivity contribution >= 4 is 5.91 Å². The number of aromatic hydroxyl groups is 1. The summed E-state index contributed by atoms with van der Waals surface area (Å²) < 4.78 is 1.76. The highest BCUT2D eigenvalue weighted by molar-refractivity contribution is 5.94. The minimum absolute atomic E-state index is 0.0539. The van der Waals surface area contributed by atoms with Gasteiger partial charge in [-0.2, -0.15) is 5.10 Å². The molecule has 0 aliphatic rings. The molecular weight excluding hydrogens is 292 g/mol. The molecule has 0 unspecified atom stereocenters. The maximum atomic E-state index is 12.4. The van der Waals surface area contributed by atoms with E-state index in [4.69, 9.17) is 0 Å². The number of rotatable bonds is 4. The molecule has 3 rings (SSSR count). The van der Waals surface area contributed by atoms with Crippen molar-refractivity contribution in [2.24, 2.45) is 0 Å². The highest BCUT2D eigenvalue weighted by Crippen LogP contribution is 2.17. The van der Waals surface area contributed by atoms with E-state index in [1.54, 1.807) is 24.0 Å². The van der Waals surface area contributed by atoms with Crippen LogP contribution in [0.25, 0.3) is 5.69 Å². The molecule has 1 amide bonds. The minimum atomic E-state index is -0.326. The summed E-state index contributed by atoms with van der Waals surface area (Å²) in [6.07, 6.45) is 5.06. The summed E-state index contributed by atoms with van der Waals surface area (Å²) in [5, 5.41) is 13.9. The maximum absolute atomic E-state index is 12.4. The summed E-state index contributed by atoms with van der Waals surface area (Å²) in [6, 6.07) is 12.7. The average molecular weight is 308 g/mol.